The Balaban J connectivity index is 1.57. The van der Waals surface area contributed by atoms with Crippen molar-refractivity contribution in [1.82, 2.24) is 14.7 Å². The molecule has 0 aromatic heterocycles. The molecule has 3 rings (SSSR count). The lowest BCUT2D eigenvalue weighted by Crippen LogP contribution is -2.51. The number of likely N-dealkylation sites (N-methyl/N-ethyl adjacent to an activating group) is 1. The van der Waals surface area contributed by atoms with E-state index in [-0.39, 0.29) is 17.6 Å². The van der Waals surface area contributed by atoms with E-state index in [2.05, 4.69) is 16.8 Å². The number of piperidine rings is 1. The first-order chi connectivity index (χ1) is 11.1. The van der Waals surface area contributed by atoms with Gasteiger partial charge in [-0.3, -0.25) is 9.69 Å². The zero-order valence-corrected chi connectivity index (χ0v) is 13.9. The Bertz CT molecular complexity index is 543. The van der Waals surface area contributed by atoms with Gasteiger partial charge in [-0.05, 0) is 32.5 Å². The Morgan fingerprint density at radius 2 is 1.91 bits per heavy atom. The molecular weight excluding hydrogens is 293 g/mol. The maximum Gasteiger partial charge on any atom is 0.227 e. The van der Waals surface area contributed by atoms with Crippen molar-refractivity contribution in [3.05, 3.63) is 35.6 Å². The highest BCUT2D eigenvalue weighted by molar-refractivity contribution is 5.79. The van der Waals surface area contributed by atoms with E-state index in [4.69, 9.17) is 0 Å². The van der Waals surface area contributed by atoms with Crippen LogP contribution in [0.25, 0.3) is 0 Å². The van der Waals surface area contributed by atoms with Crippen molar-refractivity contribution >= 4 is 5.91 Å². The van der Waals surface area contributed by atoms with E-state index in [0.29, 0.717) is 6.54 Å². The molecule has 4 nitrogen and oxygen atoms in total. The van der Waals surface area contributed by atoms with Crippen molar-refractivity contribution in [1.29, 1.82) is 0 Å². The zero-order chi connectivity index (χ0) is 16.2. The minimum Gasteiger partial charge on any atom is -0.340 e. The number of likely N-dealkylation sites (tertiary alicyclic amines) is 1. The van der Waals surface area contributed by atoms with Crippen LogP contribution in [0, 0.1) is 11.7 Å². The number of hydrogen-bond acceptors (Lipinski definition) is 3. The van der Waals surface area contributed by atoms with Crippen LogP contribution < -0.4 is 0 Å². The second-order valence-electron chi connectivity index (χ2n) is 6.79. The van der Waals surface area contributed by atoms with E-state index in [0.717, 1.165) is 57.7 Å². The van der Waals surface area contributed by atoms with Gasteiger partial charge in [0, 0.05) is 44.8 Å². The molecule has 0 bridgehead atoms. The largest absolute Gasteiger partial charge is 0.340 e. The summed E-state index contributed by atoms with van der Waals surface area (Å²) in [6.45, 7) is 5.87. The molecule has 1 aromatic rings. The summed E-state index contributed by atoms with van der Waals surface area (Å²) in [5, 5.41) is 0. The summed E-state index contributed by atoms with van der Waals surface area (Å²) >= 11 is 0. The number of benzene rings is 1. The Morgan fingerprint density at radius 3 is 2.65 bits per heavy atom. The van der Waals surface area contributed by atoms with Crippen molar-refractivity contribution in [2.75, 3.05) is 46.3 Å². The summed E-state index contributed by atoms with van der Waals surface area (Å²) in [5.41, 5.74) is 0.722. The fourth-order valence-corrected chi connectivity index (χ4v) is 3.55. The lowest BCUT2D eigenvalue weighted by atomic mass is 9.95. The second-order valence-corrected chi connectivity index (χ2v) is 6.79. The number of carbonyl (C=O) groups is 1. The molecule has 5 heteroatoms. The molecule has 1 amide bonds. The van der Waals surface area contributed by atoms with Gasteiger partial charge >= 0.3 is 0 Å². The Morgan fingerprint density at radius 1 is 1.17 bits per heavy atom. The predicted octanol–water partition coefficient (Wildman–Crippen LogP) is 1.81. The van der Waals surface area contributed by atoms with E-state index in [1.54, 1.807) is 6.07 Å². The molecule has 126 valence electrons. The van der Waals surface area contributed by atoms with Crippen LogP contribution in [0.5, 0.6) is 0 Å². The maximum atomic E-state index is 13.8. The highest BCUT2D eigenvalue weighted by atomic mass is 19.1. The van der Waals surface area contributed by atoms with Gasteiger partial charge in [0.1, 0.15) is 5.82 Å². The summed E-state index contributed by atoms with van der Waals surface area (Å²) in [7, 11) is 2.10. The monoisotopic (exact) mass is 319 g/mol. The summed E-state index contributed by atoms with van der Waals surface area (Å²) in [6.07, 6.45) is 1.97. The highest BCUT2D eigenvalue weighted by Crippen LogP contribution is 2.22. The molecule has 0 N–H and O–H groups in total. The summed E-state index contributed by atoms with van der Waals surface area (Å²) in [6, 6.07) is 6.93. The Kier molecular flexibility index (Phi) is 5.28. The Labute approximate surface area is 137 Å². The predicted molar refractivity (Wildman–Crippen MR) is 88.5 cm³/mol. The van der Waals surface area contributed by atoms with Crippen molar-refractivity contribution in [3.63, 3.8) is 0 Å². The van der Waals surface area contributed by atoms with Crippen LogP contribution in [0.4, 0.5) is 4.39 Å². The number of carbonyl (C=O) groups excluding carboxylic acids is 1. The number of nitrogens with zero attached hydrogens (tertiary/aromatic N) is 3. The van der Waals surface area contributed by atoms with Crippen LogP contribution in [0.3, 0.4) is 0 Å². The summed E-state index contributed by atoms with van der Waals surface area (Å²) < 4.78 is 13.8. The fraction of sp³-hybridized carbons (Fsp3) is 0.611. The van der Waals surface area contributed by atoms with Gasteiger partial charge in [-0.1, -0.05) is 18.2 Å². The molecule has 0 aliphatic carbocycles. The molecule has 2 fully saturated rings. The first-order valence-electron chi connectivity index (χ1n) is 8.56. The maximum absolute atomic E-state index is 13.8. The van der Waals surface area contributed by atoms with E-state index in [1.165, 1.54) is 6.07 Å². The van der Waals surface area contributed by atoms with Gasteiger partial charge in [0.2, 0.25) is 5.91 Å². The zero-order valence-electron chi connectivity index (χ0n) is 13.9. The third-order valence-electron chi connectivity index (χ3n) is 5.02. The van der Waals surface area contributed by atoms with Crippen LogP contribution in [-0.4, -0.2) is 66.9 Å². The van der Waals surface area contributed by atoms with Gasteiger partial charge in [-0.2, -0.15) is 0 Å². The molecule has 0 radical (unpaired) electrons. The van der Waals surface area contributed by atoms with Crippen molar-refractivity contribution in [2.24, 2.45) is 5.92 Å². The minimum absolute atomic E-state index is 0.0685. The molecule has 1 aromatic carbocycles. The standard InChI is InChI=1S/C18H26FN3O/c1-20-9-11-22(12-10-20)18(23)16-6-4-8-21(14-16)13-15-5-2-3-7-17(15)19/h2-3,5,7,16H,4,6,8-14H2,1H3. The van der Waals surface area contributed by atoms with Gasteiger partial charge in [-0.25, -0.2) is 4.39 Å². The van der Waals surface area contributed by atoms with Crippen molar-refractivity contribution < 1.29 is 9.18 Å². The van der Waals surface area contributed by atoms with Gasteiger partial charge in [0.05, 0.1) is 5.92 Å². The average Bonchev–Trinajstić information content (AvgIpc) is 2.57. The number of amides is 1. The van der Waals surface area contributed by atoms with Crippen LogP contribution >= 0.6 is 0 Å². The van der Waals surface area contributed by atoms with Gasteiger partial charge in [0.25, 0.3) is 0 Å². The molecule has 0 spiro atoms. The quantitative estimate of drug-likeness (QED) is 0.850. The number of halogens is 1. The van der Waals surface area contributed by atoms with Gasteiger partial charge < -0.3 is 9.80 Å². The van der Waals surface area contributed by atoms with Crippen LogP contribution in [0.15, 0.2) is 24.3 Å². The smallest absolute Gasteiger partial charge is 0.227 e. The van der Waals surface area contributed by atoms with Gasteiger partial charge in [0.15, 0.2) is 0 Å². The molecule has 1 atom stereocenters. The third kappa shape index (κ3) is 4.09. The second kappa shape index (κ2) is 7.41. The summed E-state index contributed by atoms with van der Waals surface area (Å²) in [5.74, 6) is 0.204. The fourth-order valence-electron chi connectivity index (χ4n) is 3.55. The van der Waals surface area contributed by atoms with Crippen molar-refractivity contribution in [2.45, 2.75) is 19.4 Å². The van der Waals surface area contributed by atoms with E-state index >= 15 is 0 Å². The molecule has 0 saturated carbocycles. The number of hydrogen-bond donors (Lipinski definition) is 0. The number of piperazine rings is 1. The van der Waals surface area contributed by atoms with E-state index < -0.39 is 0 Å². The molecule has 2 aliphatic rings. The van der Waals surface area contributed by atoms with E-state index in [1.807, 2.05) is 17.0 Å². The summed E-state index contributed by atoms with van der Waals surface area (Å²) in [4.78, 5) is 19.2. The lowest BCUT2D eigenvalue weighted by Gasteiger charge is -2.38. The minimum atomic E-state index is -0.153. The molecule has 23 heavy (non-hydrogen) atoms. The number of rotatable bonds is 3. The molecular formula is C18H26FN3O. The van der Waals surface area contributed by atoms with E-state index in [9.17, 15) is 9.18 Å². The molecule has 2 aliphatic heterocycles. The average molecular weight is 319 g/mol. The SMILES string of the molecule is CN1CCN(C(=O)C2CCCN(Cc3ccccc3F)C2)CC1. The molecule has 2 saturated heterocycles. The van der Waals surface area contributed by atoms with Crippen LogP contribution in [-0.2, 0) is 11.3 Å². The first kappa shape index (κ1) is 16.4. The lowest BCUT2D eigenvalue weighted by molar-refractivity contribution is -0.139. The highest BCUT2D eigenvalue weighted by Gasteiger charge is 2.30. The third-order valence-corrected chi connectivity index (χ3v) is 5.02. The topological polar surface area (TPSA) is 26.8 Å². The molecule has 2 heterocycles. The first-order valence-corrected chi connectivity index (χ1v) is 8.56. The Hall–Kier alpha value is -1.46. The van der Waals surface area contributed by atoms with Gasteiger partial charge in [-0.15, -0.1) is 0 Å². The van der Waals surface area contributed by atoms with Crippen LogP contribution in [0.2, 0.25) is 0 Å². The normalized spacial score (nSPS) is 23.9. The van der Waals surface area contributed by atoms with Crippen LogP contribution in [0.1, 0.15) is 18.4 Å². The van der Waals surface area contributed by atoms with Crippen molar-refractivity contribution in [3.8, 4) is 0 Å². The molecule has 1 unspecified atom stereocenters.